The molecule has 1 aliphatic heterocycles. The minimum atomic E-state index is -1.09. The van der Waals surface area contributed by atoms with Crippen molar-refractivity contribution >= 4 is 28.3 Å². The zero-order valence-electron chi connectivity index (χ0n) is 14.4. The minimum Gasteiger partial charge on any atom is -0.490 e. The van der Waals surface area contributed by atoms with E-state index in [1.165, 1.54) is 30.5 Å². The highest BCUT2D eigenvalue weighted by Gasteiger charge is 2.41. The highest BCUT2D eigenvalue weighted by Crippen LogP contribution is 2.26. The van der Waals surface area contributed by atoms with Gasteiger partial charge in [0.05, 0.1) is 25.8 Å². The molecule has 10 heteroatoms. The number of ether oxygens (including phenoxy) is 2. The van der Waals surface area contributed by atoms with E-state index in [0.717, 1.165) is 11.3 Å². The number of nitrogen functional groups attached to an aromatic ring is 1. The van der Waals surface area contributed by atoms with Crippen LogP contribution in [0, 0.1) is 5.82 Å². The summed E-state index contributed by atoms with van der Waals surface area (Å²) < 4.78 is 24.5. The summed E-state index contributed by atoms with van der Waals surface area (Å²) in [5, 5.41) is 0.301. The molecule has 4 N–H and O–H groups in total. The monoisotopic (exact) mass is 394 g/mol. The number of benzene rings is 1. The number of hydrogen-bond acceptors (Lipinski definition) is 7. The SMILES string of the molecule is NC(=O)CC1(COc2ccc(F)cc2)CN(C(=O)c2cnc(N)s2)CCO1. The fourth-order valence-corrected chi connectivity index (χ4v) is 3.52. The molecular weight excluding hydrogens is 375 g/mol. The molecule has 8 nitrogen and oxygen atoms in total. The molecule has 0 radical (unpaired) electrons. The molecule has 1 unspecified atom stereocenters. The van der Waals surface area contributed by atoms with E-state index in [-0.39, 0.29) is 37.9 Å². The van der Waals surface area contributed by atoms with Gasteiger partial charge in [-0.3, -0.25) is 9.59 Å². The largest absolute Gasteiger partial charge is 0.490 e. The Hall–Kier alpha value is -2.72. The molecule has 2 amide bonds. The summed E-state index contributed by atoms with van der Waals surface area (Å²) in [4.78, 5) is 30.1. The van der Waals surface area contributed by atoms with Crippen molar-refractivity contribution in [2.45, 2.75) is 12.0 Å². The molecule has 1 aromatic heterocycles. The molecule has 1 saturated heterocycles. The lowest BCUT2D eigenvalue weighted by Gasteiger charge is -2.41. The Morgan fingerprint density at radius 1 is 1.37 bits per heavy atom. The molecule has 144 valence electrons. The molecular formula is C17H19FN4O4S. The number of carbonyl (C=O) groups excluding carboxylic acids is 2. The number of nitrogens with zero attached hydrogens (tertiary/aromatic N) is 2. The van der Waals surface area contributed by atoms with Crippen LogP contribution < -0.4 is 16.2 Å². The van der Waals surface area contributed by atoms with E-state index in [0.29, 0.717) is 22.3 Å². The third-order valence-electron chi connectivity index (χ3n) is 4.08. The molecule has 1 atom stereocenters. The summed E-state index contributed by atoms with van der Waals surface area (Å²) in [5.41, 5.74) is 9.88. The van der Waals surface area contributed by atoms with Gasteiger partial charge < -0.3 is 25.8 Å². The second kappa shape index (κ2) is 7.89. The summed E-state index contributed by atoms with van der Waals surface area (Å²) in [6, 6.07) is 5.47. The van der Waals surface area contributed by atoms with Gasteiger partial charge in [0.25, 0.3) is 5.91 Å². The predicted molar refractivity (Wildman–Crippen MR) is 96.8 cm³/mol. The lowest BCUT2D eigenvalue weighted by molar-refractivity contribution is -0.142. The number of nitrogens with two attached hydrogens (primary N) is 2. The minimum absolute atomic E-state index is 0.0177. The Morgan fingerprint density at radius 3 is 2.74 bits per heavy atom. The van der Waals surface area contributed by atoms with Gasteiger partial charge in [-0.2, -0.15) is 0 Å². The molecule has 0 spiro atoms. The summed E-state index contributed by atoms with van der Waals surface area (Å²) in [7, 11) is 0. The van der Waals surface area contributed by atoms with Crippen LogP contribution in [0.1, 0.15) is 16.1 Å². The van der Waals surface area contributed by atoms with Crippen LogP contribution in [0.4, 0.5) is 9.52 Å². The van der Waals surface area contributed by atoms with E-state index in [9.17, 15) is 14.0 Å². The van der Waals surface area contributed by atoms with Gasteiger partial charge in [0, 0.05) is 6.54 Å². The van der Waals surface area contributed by atoms with Crippen LogP contribution in [0.3, 0.4) is 0 Å². The Labute approximate surface area is 158 Å². The van der Waals surface area contributed by atoms with Crippen molar-refractivity contribution in [2.75, 3.05) is 32.0 Å². The predicted octanol–water partition coefficient (Wildman–Crippen LogP) is 1.03. The summed E-state index contributed by atoms with van der Waals surface area (Å²) in [5.74, 6) is -0.789. The van der Waals surface area contributed by atoms with Gasteiger partial charge in [0.1, 0.15) is 28.7 Å². The number of rotatable bonds is 6. The zero-order valence-corrected chi connectivity index (χ0v) is 15.2. The average Bonchev–Trinajstić information content (AvgIpc) is 3.07. The third kappa shape index (κ3) is 4.72. The van der Waals surface area contributed by atoms with Crippen LogP contribution in [-0.2, 0) is 9.53 Å². The Morgan fingerprint density at radius 2 is 2.11 bits per heavy atom. The van der Waals surface area contributed by atoms with Crippen molar-refractivity contribution in [3.05, 3.63) is 41.2 Å². The fraction of sp³-hybridized carbons (Fsp3) is 0.353. The third-order valence-corrected chi connectivity index (χ3v) is 4.90. The molecule has 1 aromatic carbocycles. The lowest BCUT2D eigenvalue weighted by atomic mass is 9.97. The molecule has 2 aromatic rings. The topological polar surface area (TPSA) is 121 Å². The normalized spacial score (nSPS) is 19.7. The van der Waals surface area contributed by atoms with E-state index >= 15 is 0 Å². The number of aromatic nitrogens is 1. The number of thiazole rings is 1. The molecule has 0 aliphatic carbocycles. The van der Waals surface area contributed by atoms with Crippen molar-refractivity contribution in [1.29, 1.82) is 0 Å². The average molecular weight is 394 g/mol. The van der Waals surface area contributed by atoms with Crippen molar-refractivity contribution in [2.24, 2.45) is 5.73 Å². The van der Waals surface area contributed by atoms with Crippen LogP contribution in [0.5, 0.6) is 5.75 Å². The first kappa shape index (κ1) is 19.1. The molecule has 27 heavy (non-hydrogen) atoms. The van der Waals surface area contributed by atoms with Gasteiger partial charge in [-0.25, -0.2) is 9.37 Å². The van der Waals surface area contributed by atoms with E-state index in [1.807, 2.05) is 0 Å². The molecule has 1 aliphatic rings. The van der Waals surface area contributed by atoms with E-state index in [1.54, 1.807) is 4.90 Å². The van der Waals surface area contributed by atoms with E-state index in [2.05, 4.69) is 4.98 Å². The van der Waals surface area contributed by atoms with Gasteiger partial charge in [0.2, 0.25) is 5.91 Å². The highest BCUT2D eigenvalue weighted by molar-refractivity contribution is 7.17. The van der Waals surface area contributed by atoms with E-state index < -0.39 is 11.5 Å². The molecule has 0 bridgehead atoms. The number of morpholine rings is 1. The summed E-state index contributed by atoms with van der Waals surface area (Å²) in [6.45, 7) is 0.678. The van der Waals surface area contributed by atoms with Crippen LogP contribution >= 0.6 is 11.3 Å². The quantitative estimate of drug-likeness (QED) is 0.755. The first-order valence-corrected chi connectivity index (χ1v) is 9.00. The van der Waals surface area contributed by atoms with Crippen LogP contribution in [-0.4, -0.2) is 53.6 Å². The first-order valence-electron chi connectivity index (χ1n) is 8.18. The van der Waals surface area contributed by atoms with Gasteiger partial charge in [-0.1, -0.05) is 11.3 Å². The smallest absolute Gasteiger partial charge is 0.265 e. The number of anilines is 1. The maximum absolute atomic E-state index is 13.0. The molecule has 0 saturated carbocycles. The van der Waals surface area contributed by atoms with Crippen molar-refractivity contribution < 1.29 is 23.5 Å². The summed E-state index contributed by atoms with van der Waals surface area (Å²) in [6.07, 6.45) is 1.30. The van der Waals surface area contributed by atoms with Gasteiger partial charge in [-0.15, -0.1) is 0 Å². The zero-order chi connectivity index (χ0) is 19.4. The number of carbonyl (C=O) groups is 2. The maximum Gasteiger partial charge on any atom is 0.265 e. The first-order chi connectivity index (χ1) is 12.9. The molecule has 2 heterocycles. The Kier molecular flexibility index (Phi) is 5.57. The van der Waals surface area contributed by atoms with Gasteiger partial charge in [0.15, 0.2) is 5.13 Å². The number of amides is 2. The van der Waals surface area contributed by atoms with Crippen molar-refractivity contribution in [1.82, 2.24) is 9.88 Å². The number of hydrogen-bond donors (Lipinski definition) is 2. The summed E-state index contributed by atoms with van der Waals surface area (Å²) >= 11 is 1.09. The second-order valence-corrected chi connectivity index (χ2v) is 7.27. The second-order valence-electron chi connectivity index (χ2n) is 6.21. The van der Waals surface area contributed by atoms with Gasteiger partial charge >= 0.3 is 0 Å². The van der Waals surface area contributed by atoms with Gasteiger partial charge in [-0.05, 0) is 24.3 Å². The highest BCUT2D eigenvalue weighted by atomic mass is 32.1. The standard InChI is InChI=1S/C17H19FN4O4S/c18-11-1-3-12(4-2-11)25-10-17(7-14(19)23)9-22(5-6-26-17)15(24)13-8-21-16(20)27-13/h1-4,8H,5-7,9-10H2,(H2,19,23)(H2,20,21). The Balaban J connectivity index is 1.74. The maximum atomic E-state index is 13.0. The van der Waals surface area contributed by atoms with E-state index in [4.69, 9.17) is 20.9 Å². The molecule has 1 fully saturated rings. The van der Waals surface area contributed by atoms with Crippen molar-refractivity contribution in [3.63, 3.8) is 0 Å². The van der Waals surface area contributed by atoms with Crippen LogP contribution in [0.25, 0.3) is 0 Å². The van der Waals surface area contributed by atoms with Crippen LogP contribution in [0.2, 0.25) is 0 Å². The Bertz CT molecular complexity index is 829. The number of primary amides is 1. The fourth-order valence-electron chi connectivity index (χ4n) is 2.87. The lowest BCUT2D eigenvalue weighted by Crippen LogP contribution is -2.57. The number of halogens is 1. The van der Waals surface area contributed by atoms with Crippen molar-refractivity contribution in [3.8, 4) is 5.75 Å². The molecule has 3 rings (SSSR count). The van der Waals surface area contributed by atoms with Crippen LogP contribution in [0.15, 0.2) is 30.5 Å².